The van der Waals surface area contributed by atoms with E-state index < -0.39 is 0 Å². The molecule has 0 radical (unpaired) electrons. The van der Waals surface area contributed by atoms with E-state index in [4.69, 9.17) is 5.84 Å². The molecule has 7 nitrogen and oxygen atoms in total. The summed E-state index contributed by atoms with van der Waals surface area (Å²) in [6, 6.07) is 0. The van der Waals surface area contributed by atoms with Gasteiger partial charge in [0.2, 0.25) is 0 Å². The van der Waals surface area contributed by atoms with Crippen molar-refractivity contribution in [2.45, 2.75) is 32.6 Å². The van der Waals surface area contributed by atoms with Gasteiger partial charge in [0, 0.05) is 19.0 Å². The monoisotopic (exact) mass is 292 g/mol. The summed E-state index contributed by atoms with van der Waals surface area (Å²) in [6.45, 7) is 7.70. The first kappa shape index (κ1) is 15.7. The lowest BCUT2D eigenvalue weighted by molar-refractivity contribution is 0.0945. The third-order valence-electron chi connectivity index (χ3n) is 3.61. The number of aromatic nitrogens is 2. The fourth-order valence-electron chi connectivity index (χ4n) is 2.37. The Labute approximate surface area is 125 Å². The number of carbonyl (C=O) groups excluding carboxylic acids is 1. The minimum absolute atomic E-state index is 0.160. The van der Waals surface area contributed by atoms with Crippen LogP contribution in [0.2, 0.25) is 0 Å². The van der Waals surface area contributed by atoms with Crippen molar-refractivity contribution in [1.82, 2.24) is 20.2 Å². The van der Waals surface area contributed by atoms with Crippen LogP contribution in [0, 0.1) is 0 Å². The minimum Gasteiger partial charge on any atom is -0.349 e. The number of rotatable bonds is 6. The highest BCUT2D eigenvalue weighted by molar-refractivity contribution is 5.97. The second-order valence-electron chi connectivity index (χ2n) is 5.59. The Hall–Kier alpha value is -1.73. The maximum absolute atomic E-state index is 12.3. The van der Waals surface area contributed by atoms with E-state index in [0.717, 1.165) is 19.6 Å². The molecule has 1 fully saturated rings. The normalized spacial score (nSPS) is 15.4. The number of carbonyl (C=O) groups is 1. The van der Waals surface area contributed by atoms with E-state index in [1.165, 1.54) is 12.8 Å². The molecule has 4 N–H and O–H groups in total. The van der Waals surface area contributed by atoms with Gasteiger partial charge in [0.25, 0.3) is 5.91 Å². The molecule has 0 unspecified atom stereocenters. The Balaban J connectivity index is 1.97. The number of amides is 1. The lowest BCUT2D eigenvalue weighted by Gasteiger charge is -2.15. The Kier molecular flexibility index (Phi) is 5.46. The average molecular weight is 292 g/mol. The molecule has 7 heteroatoms. The van der Waals surface area contributed by atoms with Crippen LogP contribution in [0.4, 0.5) is 5.69 Å². The summed E-state index contributed by atoms with van der Waals surface area (Å²) in [5.74, 6) is 6.01. The van der Waals surface area contributed by atoms with Crippen molar-refractivity contribution >= 4 is 11.6 Å². The van der Waals surface area contributed by atoms with Crippen LogP contribution < -0.4 is 16.6 Å². The molecule has 1 aromatic heterocycles. The summed E-state index contributed by atoms with van der Waals surface area (Å²) in [6.07, 6.45) is 4.05. The first-order valence-corrected chi connectivity index (χ1v) is 7.46. The molecule has 0 aromatic carbocycles. The molecule has 1 saturated heterocycles. The van der Waals surface area contributed by atoms with Gasteiger partial charge in [-0.1, -0.05) is 13.8 Å². The number of anilines is 1. The summed E-state index contributed by atoms with van der Waals surface area (Å²) in [4.78, 5) is 23.1. The molecule has 2 rings (SSSR count). The number of nitrogens with zero attached hydrogens (tertiary/aromatic N) is 3. The molecule has 0 aliphatic carbocycles. The molecule has 1 aliphatic rings. The van der Waals surface area contributed by atoms with Gasteiger partial charge in [-0.3, -0.25) is 10.6 Å². The Morgan fingerprint density at radius 1 is 1.43 bits per heavy atom. The third-order valence-corrected chi connectivity index (χ3v) is 3.61. The molecule has 2 heterocycles. The second-order valence-corrected chi connectivity index (χ2v) is 5.59. The van der Waals surface area contributed by atoms with Crippen LogP contribution >= 0.6 is 0 Å². The highest BCUT2D eigenvalue weighted by atomic mass is 16.1. The number of nitrogen functional groups attached to an aromatic ring is 1. The van der Waals surface area contributed by atoms with E-state index in [1.807, 2.05) is 13.8 Å². The topological polar surface area (TPSA) is 96.2 Å². The van der Waals surface area contributed by atoms with E-state index in [9.17, 15) is 4.79 Å². The molecular weight excluding hydrogens is 268 g/mol. The summed E-state index contributed by atoms with van der Waals surface area (Å²) in [7, 11) is 0. The SMILES string of the molecule is CC(C)c1ncc(NN)c(C(=O)NCCN2CCCC2)n1. The van der Waals surface area contributed by atoms with Crippen molar-refractivity contribution in [2.24, 2.45) is 5.84 Å². The predicted molar refractivity (Wildman–Crippen MR) is 81.9 cm³/mol. The van der Waals surface area contributed by atoms with Gasteiger partial charge in [0.15, 0.2) is 5.69 Å². The van der Waals surface area contributed by atoms with E-state index in [0.29, 0.717) is 23.8 Å². The van der Waals surface area contributed by atoms with Crippen LogP contribution in [0.25, 0.3) is 0 Å². The number of likely N-dealkylation sites (tertiary alicyclic amines) is 1. The zero-order chi connectivity index (χ0) is 15.2. The zero-order valence-electron chi connectivity index (χ0n) is 12.7. The largest absolute Gasteiger partial charge is 0.349 e. The molecular formula is C14H24N6O. The van der Waals surface area contributed by atoms with Crippen LogP contribution in [-0.4, -0.2) is 47.0 Å². The molecule has 116 valence electrons. The maximum atomic E-state index is 12.3. The van der Waals surface area contributed by atoms with Crippen molar-refractivity contribution in [2.75, 3.05) is 31.6 Å². The molecule has 1 aliphatic heterocycles. The summed E-state index contributed by atoms with van der Waals surface area (Å²) < 4.78 is 0. The van der Waals surface area contributed by atoms with Gasteiger partial charge >= 0.3 is 0 Å². The van der Waals surface area contributed by atoms with E-state index in [1.54, 1.807) is 6.20 Å². The Morgan fingerprint density at radius 3 is 2.76 bits per heavy atom. The lowest BCUT2D eigenvalue weighted by Crippen LogP contribution is -2.34. The standard InChI is InChI=1S/C14H24N6O/c1-10(2)13-17-9-11(19-15)12(18-13)14(21)16-5-8-20-6-3-4-7-20/h9-10,19H,3-8,15H2,1-2H3,(H,16,21). The van der Waals surface area contributed by atoms with E-state index in [2.05, 4.69) is 25.6 Å². The predicted octanol–water partition coefficient (Wildman–Crippen LogP) is 0.711. The third kappa shape index (κ3) is 4.12. The van der Waals surface area contributed by atoms with Crippen molar-refractivity contribution < 1.29 is 4.79 Å². The highest BCUT2D eigenvalue weighted by Gasteiger charge is 2.17. The number of nitrogens with two attached hydrogens (primary N) is 1. The van der Waals surface area contributed by atoms with Gasteiger partial charge in [-0.2, -0.15) is 0 Å². The summed E-state index contributed by atoms with van der Waals surface area (Å²) in [5, 5.41) is 2.90. The first-order chi connectivity index (χ1) is 10.1. The Morgan fingerprint density at radius 2 is 2.14 bits per heavy atom. The van der Waals surface area contributed by atoms with Gasteiger partial charge in [0.05, 0.1) is 11.9 Å². The van der Waals surface area contributed by atoms with E-state index >= 15 is 0 Å². The van der Waals surface area contributed by atoms with Crippen LogP contribution in [0.1, 0.15) is 48.9 Å². The van der Waals surface area contributed by atoms with Gasteiger partial charge in [-0.25, -0.2) is 9.97 Å². The van der Waals surface area contributed by atoms with Crippen molar-refractivity contribution in [3.63, 3.8) is 0 Å². The van der Waals surface area contributed by atoms with E-state index in [-0.39, 0.29) is 11.8 Å². The first-order valence-electron chi connectivity index (χ1n) is 7.46. The lowest BCUT2D eigenvalue weighted by atomic mass is 10.2. The van der Waals surface area contributed by atoms with Gasteiger partial charge in [-0.05, 0) is 25.9 Å². The summed E-state index contributed by atoms with van der Waals surface area (Å²) >= 11 is 0. The van der Waals surface area contributed by atoms with Crippen molar-refractivity contribution in [3.05, 3.63) is 17.7 Å². The van der Waals surface area contributed by atoms with Crippen LogP contribution in [-0.2, 0) is 0 Å². The quantitative estimate of drug-likeness (QED) is 0.528. The molecule has 0 bridgehead atoms. The smallest absolute Gasteiger partial charge is 0.272 e. The molecule has 1 aromatic rings. The Bertz CT molecular complexity index is 484. The van der Waals surface area contributed by atoms with Crippen LogP contribution in [0.5, 0.6) is 0 Å². The fraction of sp³-hybridized carbons (Fsp3) is 0.643. The molecule has 0 spiro atoms. The van der Waals surface area contributed by atoms with Gasteiger partial charge < -0.3 is 15.6 Å². The number of hydrogen-bond donors (Lipinski definition) is 3. The molecule has 0 atom stereocenters. The minimum atomic E-state index is -0.216. The van der Waals surface area contributed by atoms with Gasteiger partial charge in [0.1, 0.15) is 5.82 Å². The zero-order valence-corrected chi connectivity index (χ0v) is 12.7. The highest BCUT2D eigenvalue weighted by Crippen LogP contribution is 2.15. The average Bonchev–Trinajstić information content (AvgIpc) is 2.99. The van der Waals surface area contributed by atoms with Crippen molar-refractivity contribution in [3.8, 4) is 0 Å². The molecule has 0 saturated carbocycles. The number of hydrazine groups is 1. The molecule has 21 heavy (non-hydrogen) atoms. The van der Waals surface area contributed by atoms with Crippen LogP contribution in [0.15, 0.2) is 6.20 Å². The molecule has 1 amide bonds. The second kappa shape index (κ2) is 7.33. The maximum Gasteiger partial charge on any atom is 0.272 e. The van der Waals surface area contributed by atoms with Crippen molar-refractivity contribution in [1.29, 1.82) is 0 Å². The number of nitrogens with one attached hydrogen (secondary N) is 2. The number of hydrogen-bond acceptors (Lipinski definition) is 6. The summed E-state index contributed by atoms with van der Waals surface area (Å²) in [5.41, 5.74) is 3.22. The van der Waals surface area contributed by atoms with Crippen LogP contribution in [0.3, 0.4) is 0 Å². The fourth-order valence-corrected chi connectivity index (χ4v) is 2.37. The van der Waals surface area contributed by atoms with Gasteiger partial charge in [-0.15, -0.1) is 0 Å².